The molecule has 0 bridgehead atoms. The minimum absolute atomic E-state index is 0.0333. The van der Waals surface area contributed by atoms with Crippen LogP contribution in [0.3, 0.4) is 0 Å². The summed E-state index contributed by atoms with van der Waals surface area (Å²) < 4.78 is 14.0. The molecule has 1 amide bonds. The fourth-order valence-electron chi connectivity index (χ4n) is 2.90. The van der Waals surface area contributed by atoms with Crippen molar-refractivity contribution in [3.8, 4) is 0 Å². The van der Waals surface area contributed by atoms with E-state index in [1.165, 1.54) is 29.6 Å². The molecule has 1 aromatic heterocycles. The predicted octanol–water partition coefficient (Wildman–Crippen LogP) is 4.55. The van der Waals surface area contributed by atoms with Crippen LogP contribution in [0.15, 0.2) is 40.6 Å². The first-order valence-electron chi connectivity index (χ1n) is 7.82. The van der Waals surface area contributed by atoms with Gasteiger partial charge < -0.3 is 4.90 Å². The van der Waals surface area contributed by atoms with Crippen LogP contribution >= 0.6 is 23.1 Å². The van der Waals surface area contributed by atoms with Crippen molar-refractivity contribution in [1.82, 2.24) is 4.90 Å². The number of likely N-dealkylation sites (tertiary alicyclic amines) is 1. The zero-order valence-corrected chi connectivity index (χ0v) is 15.0. The molecular weight excluding hydrogens is 345 g/mol. The first-order chi connectivity index (χ1) is 11.6. The van der Waals surface area contributed by atoms with E-state index in [4.69, 9.17) is 0 Å². The van der Waals surface area contributed by atoms with Gasteiger partial charge in [-0.15, -0.1) is 23.1 Å². The molecule has 1 aromatic carbocycles. The fraction of sp³-hybridized carbons (Fsp3) is 0.333. The lowest BCUT2D eigenvalue weighted by Gasteiger charge is -2.23. The summed E-state index contributed by atoms with van der Waals surface area (Å²) in [6, 6.07) is 8.63. The molecule has 1 fully saturated rings. The van der Waals surface area contributed by atoms with Crippen molar-refractivity contribution in [1.29, 1.82) is 0 Å². The Labute approximate surface area is 148 Å². The van der Waals surface area contributed by atoms with Gasteiger partial charge in [0.2, 0.25) is 5.91 Å². The zero-order valence-electron chi connectivity index (χ0n) is 13.3. The van der Waals surface area contributed by atoms with Gasteiger partial charge in [-0.25, -0.2) is 4.39 Å². The van der Waals surface area contributed by atoms with Crippen LogP contribution in [0, 0.1) is 5.82 Å². The van der Waals surface area contributed by atoms with E-state index in [2.05, 4.69) is 6.07 Å². The van der Waals surface area contributed by atoms with Gasteiger partial charge in [0.05, 0.1) is 11.8 Å². The molecule has 24 heavy (non-hydrogen) atoms. The van der Waals surface area contributed by atoms with Crippen LogP contribution in [0.2, 0.25) is 0 Å². The summed E-state index contributed by atoms with van der Waals surface area (Å²) in [5.74, 6) is -0.377. The van der Waals surface area contributed by atoms with E-state index in [0.717, 1.165) is 19.4 Å². The van der Waals surface area contributed by atoms with Crippen molar-refractivity contribution < 1.29 is 14.0 Å². The number of thiophene rings is 1. The summed E-state index contributed by atoms with van der Waals surface area (Å²) in [5.41, 5.74) is 0.348. The maximum atomic E-state index is 14.0. The number of thioether (sulfide) groups is 1. The summed E-state index contributed by atoms with van der Waals surface area (Å²) in [5, 5.41) is 2.02. The molecule has 0 spiro atoms. The van der Waals surface area contributed by atoms with Gasteiger partial charge in [-0.3, -0.25) is 9.59 Å². The molecule has 1 unspecified atom stereocenters. The number of hydrogen-bond donors (Lipinski definition) is 0. The fourth-order valence-corrected chi connectivity index (χ4v) is 4.58. The topological polar surface area (TPSA) is 37.4 Å². The molecule has 1 aliphatic heterocycles. The van der Waals surface area contributed by atoms with Crippen molar-refractivity contribution in [3.05, 3.63) is 52.0 Å². The highest BCUT2D eigenvalue weighted by atomic mass is 32.2. The normalized spacial score (nSPS) is 17.2. The molecular formula is C18H18FNO2S2. The first-order valence-corrected chi connectivity index (χ1v) is 9.69. The Bertz CT molecular complexity index is 745. The Hall–Kier alpha value is -1.66. The molecule has 1 aliphatic rings. The highest BCUT2D eigenvalue weighted by Gasteiger charge is 2.30. The number of carbonyl (C=O) groups is 2. The standard InChI is InChI=1S/C18H18FNO2S2/c1-12(21)13-6-7-16(14(19)10-13)24-11-18(22)20-8-2-4-15(20)17-5-3-9-23-17/h3,5-7,9-10,15H,2,4,8,11H2,1H3. The maximum Gasteiger partial charge on any atom is 0.233 e. The Morgan fingerprint density at radius 3 is 2.88 bits per heavy atom. The van der Waals surface area contributed by atoms with Crippen molar-refractivity contribution in [2.45, 2.75) is 30.7 Å². The molecule has 1 atom stereocenters. The number of carbonyl (C=O) groups excluding carboxylic acids is 2. The highest BCUT2D eigenvalue weighted by molar-refractivity contribution is 8.00. The Morgan fingerprint density at radius 1 is 1.38 bits per heavy atom. The third kappa shape index (κ3) is 3.70. The van der Waals surface area contributed by atoms with Crippen LogP contribution < -0.4 is 0 Å². The highest BCUT2D eigenvalue weighted by Crippen LogP contribution is 2.35. The van der Waals surface area contributed by atoms with E-state index in [1.54, 1.807) is 23.5 Å². The van der Waals surface area contributed by atoms with Crippen LogP contribution in [0.1, 0.15) is 41.0 Å². The maximum absolute atomic E-state index is 14.0. The third-order valence-corrected chi connectivity index (χ3v) is 6.14. The Kier molecular flexibility index (Phi) is 5.36. The molecule has 3 nitrogen and oxygen atoms in total. The van der Waals surface area contributed by atoms with Crippen LogP contribution in [0.5, 0.6) is 0 Å². The Balaban J connectivity index is 1.64. The second-order valence-electron chi connectivity index (χ2n) is 5.75. The number of hydrogen-bond acceptors (Lipinski definition) is 4. The molecule has 3 rings (SSSR count). The van der Waals surface area contributed by atoms with Crippen LogP contribution in [-0.4, -0.2) is 28.9 Å². The van der Waals surface area contributed by atoms with Gasteiger partial charge in [0.25, 0.3) is 0 Å². The van der Waals surface area contributed by atoms with Gasteiger partial charge in [0.1, 0.15) is 5.82 Å². The van der Waals surface area contributed by atoms with E-state index in [9.17, 15) is 14.0 Å². The zero-order chi connectivity index (χ0) is 17.1. The number of Topliss-reactive ketones (excluding diaryl/α,β-unsaturated/α-hetero) is 1. The van der Waals surface area contributed by atoms with E-state index in [0.29, 0.717) is 10.5 Å². The van der Waals surface area contributed by atoms with Crippen LogP contribution in [0.25, 0.3) is 0 Å². The molecule has 1 saturated heterocycles. The second kappa shape index (κ2) is 7.49. The average molecular weight is 363 g/mol. The average Bonchev–Trinajstić information content (AvgIpc) is 3.23. The molecule has 0 N–H and O–H groups in total. The molecule has 6 heteroatoms. The van der Waals surface area contributed by atoms with Crippen molar-refractivity contribution in [2.24, 2.45) is 0 Å². The second-order valence-corrected chi connectivity index (χ2v) is 7.75. The molecule has 0 saturated carbocycles. The number of nitrogens with zero attached hydrogens (tertiary/aromatic N) is 1. The van der Waals surface area contributed by atoms with Crippen molar-refractivity contribution >= 4 is 34.8 Å². The van der Waals surface area contributed by atoms with E-state index < -0.39 is 5.82 Å². The van der Waals surface area contributed by atoms with E-state index in [1.807, 2.05) is 16.3 Å². The van der Waals surface area contributed by atoms with Gasteiger partial charge >= 0.3 is 0 Å². The van der Waals surface area contributed by atoms with E-state index in [-0.39, 0.29) is 23.5 Å². The lowest BCUT2D eigenvalue weighted by Crippen LogP contribution is -2.31. The predicted molar refractivity (Wildman–Crippen MR) is 95.1 cm³/mol. The van der Waals surface area contributed by atoms with Gasteiger partial charge in [-0.1, -0.05) is 12.1 Å². The smallest absolute Gasteiger partial charge is 0.233 e. The number of rotatable bonds is 5. The molecule has 126 valence electrons. The van der Waals surface area contributed by atoms with Gasteiger partial charge in [-0.05, 0) is 43.3 Å². The summed E-state index contributed by atoms with van der Waals surface area (Å²) in [7, 11) is 0. The number of amides is 1. The number of benzene rings is 1. The van der Waals surface area contributed by atoms with Crippen molar-refractivity contribution in [2.75, 3.05) is 12.3 Å². The summed E-state index contributed by atoms with van der Waals surface area (Å²) >= 11 is 2.86. The molecule has 2 heterocycles. The van der Waals surface area contributed by atoms with Crippen LogP contribution in [0.4, 0.5) is 4.39 Å². The molecule has 0 radical (unpaired) electrons. The minimum Gasteiger partial charge on any atom is -0.334 e. The van der Waals surface area contributed by atoms with Crippen molar-refractivity contribution in [3.63, 3.8) is 0 Å². The summed E-state index contributed by atoms with van der Waals surface area (Å²) in [6.07, 6.45) is 1.99. The monoisotopic (exact) mass is 363 g/mol. The SMILES string of the molecule is CC(=O)c1ccc(SCC(=O)N2CCCC2c2cccs2)c(F)c1. The van der Waals surface area contributed by atoms with Crippen LogP contribution in [-0.2, 0) is 4.79 Å². The van der Waals surface area contributed by atoms with Gasteiger partial charge in [0.15, 0.2) is 5.78 Å². The van der Waals surface area contributed by atoms with E-state index >= 15 is 0 Å². The summed E-state index contributed by atoms with van der Waals surface area (Å²) in [6.45, 7) is 2.16. The Morgan fingerprint density at radius 2 is 2.21 bits per heavy atom. The molecule has 2 aromatic rings. The quantitative estimate of drug-likeness (QED) is 0.578. The largest absolute Gasteiger partial charge is 0.334 e. The lowest BCUT2D eigenvalue weighted by molar-refractivity contribution is -0.129. The number of halogens is 1. The number of ketones is 1. The first kappa shape index (κ1) is 17.2. The van der Waals surface area contributed by atoms with Gasteiger partial charge in [0, 0.05) is 21.9 Å². The lowest BCUT2D eigenvalue weighted by atomic mass is 10.1. The summed E-state index contributed by atoms with van der Waals surface area (Å²) in [4.78, 5) is 27.3. The molecule has 0 aliphatic carbocycles. The van der Waals surface area contributed by atoms with Gasteiger partial charge in [-0.2, -0.15) is 0 Å². The minimum atomic E-state index is -0.447. The third-order valence-electron chi connectivity index (χ3n) is 4.13.